The molecule has 0 spiro atoms. The number of hydrogen-bond acceptors (Lipinski definition) is 4. The van der Waals surface area contributed by atoms with Crippen LogP contribution in [0.3, 0.4) is 0 Å². The van der Waals surface area contributed by atoms with Crippen LogP contribution in [0.5, 0.6) is 0 Å². The molecule has 8 heteroatoms. The number of benzene rings is 2. The molecule has 0 aliphatic heterocycles. The Morgan fingerprint density at radius 1 is 1.04 bits per heavy atom. The summed E-state index contributed by atoms with van der Waals surface area (Å²) in [6.07, 6.45) is 0. The Morgan fingerprint density at radius 2 is 1.77 bits per heavy atom. The molecule has 1 amide bonds. The highest BCUT2D eigenvalue weighted by molar-refractivity contribution is 7.89. The number of anilines is 1. The Balaban J connectivity index is 1.93. The quantitative estimate of drug-likeness (QED) is 0.733. The molecule has 7 nitrogen and oxygen atoms in total. The van der Waals surface area contributed by atoms with Gasteiger partial charge in [-0.3, -0.25) is 9.59 Å². The minimum Gasteiger partial charge on any atom is -0.321 e. The lowest BCUT2D eigenvalue weighted by atomic mass is 10.1. The van der Waals surface area contributed by atoms with Crippen LogP contribution in [0.1, 0.15) is 10.5 Å². The molecule has 134 valence electrons. The molecule has 3 rings (SSSR count). The van der Waals surface area contributed by atoms with E-state index in [1.54, 1.807) is 36.4 Å². The van der Waals surface area contributed by atoms with E-state index >= 15 is 0 Å². The van der Waals surface area contributed by atoms with E-state index in [0.29, 0.717) is 16.5 Å². The zero-order chi connectivity index (χ0) is 18.9. The van der Waals surface area contributed by atoms with Crippen LogP contribution in [-0.4, -0.2) is 37.7 Å². The number of aromatic amines is 1. The molecular weight excluding hydrogens is 354 g/mol. The fourth-order valence-corrected chi connectivity index (χ4v) is 3.42. The molecule has 1 heterocycles. The van der Waals surface area contributed by atoms with Crippen molar-refractivity contribution in [3.8, 4) is 0 Å². The predicted octanol–water partition coefficient (Wildman–Crippen LogP) is 2.03. The van der Waals surface area contributed by atoms with Crippen molar-refractivity contribution in [2.45, 2.75) is 4.90 Å². The molecule has 0 unspecified atom stereocenters. The second-order valence-corrected chi connectivity index (χ2v) is 8.02. The van der Waals surface area contributed by atoms with Gasteiger partial charge in [-0.25, -0.2) is 12.7 Å². The molecule has 1 aromatic heterocycles. The summed E-state index contributed by atoms with van der Waals surface area (Å²) in [4.78, 5) is 27.2. The van der Waals surface area contributed by atoms with Gasteiger partial charge in [-0.2, -0.15) is 0 Å². The van der Waals surface area contributed by atoms with Gasteiger partial charge in [-0.1, -0.05) is 24.3 Å². The van der Waals surface area contributed by atoms with E-state index in [-0.39, 0.29) is 16.1 Å². The molecule has 0 saturated heterocycles. The number of H-pyrrole nitrogens is 1. The number of fused-ring (bicyclic) bond motifs is 1. The highest BCUT2D eigenvalue weighted by atomic mass is 32.2. The van der Waals surface area contributed by atoms with Crippen LogP contribution in [0.4, 0.5) is 5.69 Å². The molecule has 26 heavy (non-hydrogen) atoms. The molecule has 0 saturated carbocycles. The zero-order valence-corrected chi connectivity index (χ0v) is 15.0. The van der Waals surface area contributed by atoms with Gasteiger partial charge in [0.05, 0.1) is 4.90 Å². The van der Waals surface area contributed by atoms with Crippen LogP contribution in [0.25, 0.3) is 10.8 Å². The van der Waals surface area contributed by atoms with Gasteiger partial charge in [0.15, 0.2) is 0 Å². The summed E-state index contributed by atoms with van der Waals surface area (Å²) in [5.41, 5.74) is 0.0405. The van der Waals surface area contributed by atoms with E-state index in [2.05, 4.69) is 10.3 Å². The van der Waals surface area contributed by atoms with Crippen molar-refractivity contribution >= 4 is 32.4 Å². The number of pyridine rings is 1. The van der Waals surface area contributed by atoms with E-state index in [1.807, 2.05) is 0 Å². The molecule has 3 aromatic rings. The van der Waals surface area contributed by atoms with Crippen LogP contribution >= 0.6 is 0 Å². The maximum Gasteiger partial charge on any atom is 0.272 e. The Labute approximate surface area is 150 Å². The molecule has 2 N–H and O–H groups in total. The first kappa shape index (κ1) is 17.8. The fourth-order valence-electron chi connectivity index (χ4n) is 2.48. The van der Waals surface area contributed by atoms with Crippen molar-refractivity contribution in [2.24, 2.45) is 0 Å². The van der Waals surface area contributed by atoms with Crippen LogP contribution in [0.15, 0.2) is 64.3 Å². The molecule has 0 fully saturated rings. The maximum atomic E-state index is 12.5. The highest BCUT2D eigenvalue weighted by Gasteiger charge is 2.18. The van der Waals surface area contributed by atoms with Crippen molar-refractivity contribution in [1.29, 1.82) is 0 Å². The number of nitrogens with one attached hydrogen (secondary N) is 2. The normalized spacial score (nSPS) is 11.7. The molecule has 0 bridgehead atoms. The highest BCUT2D eigenvalue weighted by Crippen LogP contribution is 2.19. The van der Waals surface area contributed by atoms with Crippen molar-refractivity contribution in [3.05, 3.63) is 70.6 Å². The number of aromatic nitrogens is 1. The largest absolute Gasteiger partial charge is 0.321 e. The van der Waals surface area contributed by atoms with Gasteiger partial charge in [0.25, 0.3) is 11.5 Å². The van der Waals surface area contributed by atoms with Crippen LogP contribution in [0.2, 0.25) is 0 Å². The molecule has 0 aliphatic rings. The fraction of sp³-hybridized carbons (Fsp3) is 0.111. The lowest BCUT2D eigenvalue weighted by Gasteiger charge is -2.12. The lowest BCUT2D eigenvalue weighted by molar-refractivity contribution is 0.102. The molecule has 0 radical (unpaired) electrons. The Hall–Kier alpha value is -2.97. The molecule has 2 aromatic carbocycles. The summed E-state index contributed by atoms with van der Waals surface area (Å²) in [5, 5.41) is 3.74. The zero-order valence-electron chi connectivity index (χ0n) is 14.2. The number of carbonyl (C=O) groups is 1. The molecule has 0 aliphatic carbocycles. The van der Waals surface area contributed by atoms with Crippen molar-refractivity contribution < 1.29 is 13.2 Å². The minimum atomic E-state index is -3.61. The minimum absolute atomic E-state index is 0.0623. The number of amides is 1. The van der Waals surface area contributed by atoms with E-state index in [1.165, 1.54) is 32.3 Å². The first-order chi connectivity index (χ1) is 12.3. The van der Waals surface area contributed by atoms with Gasteiger partial charge >= 0.3 is 0 Å². The number of sulfonamides is 1. The van der Waals surface area contributed by atoms with Gasteiger partial charge in [0, 0.05) is 25.2 Å². The van der Waals surface area contributed by atoms with Gasteiger partial charge < -0.3 is 10.3 Å². The maximum absolute atomic E-state index is 12.5. The van der Waals surface area contributed by atoms with Crippen LogP contribution in [0, 0.1) is 0 Å². The van der Waals surface area contributed by atoms with Gasteiger partial charge in [0.2, 0.25) is 10.0 Å². The average molecular weight is 371 g/mol. The third kappa shape index (κ3) is 3.37. The summed E-state index contributed by atoms with van der Waals surface area (Å²) in [5.74, 6) is -0.535. The van der Waals surface area contributed by atoms with Crippen molar-refractivity contribution in [2.75, 3.05) is 19.4 Å². The number of hydrogen-bond donors (Lipinski definition) is 2. The molecular formula is C18H17N3O4S. The standard InChI is InChI=1S/C18H17N3O4S/c1-21(2)26(24,25)14-8-5-7-13(11-14)19-18(23)16-10-12-6-3-4-9-15(12)17(22)20-16/h3-11H,1-2H3,(H,19,23)(H,20,22). The monoisotopic (exact) mass is 371 g/mol. The molecule has 0 atom stereocenters. The first-order valence-electron chi connectivity index (χ1n) is 7.75. The van der Waals surface area contributed by atoms with Gasteiger partial charge in [-0.15, -0.1) is 0 Å². The third-order valence-corrected chi connectivity index (χ3v) is 5.68. The summed E-state index contributed by atoms with van der Waals surface area (Å²) >= 11 is 0. The van der Waals surface area contributed by atoms with Crippen LogP contribution in [-0.2, 0) is 10.0 Å². The van der Waals surface area contributed by atoms with E-state index < -0.39 is 15.9 Å². The predicted molar refractivity (Wildman–Crippen MR) is 99.8 cm³/mol. The number of carbonyl (C=O) groups excluding carboxylic acids is 1. The number of rotatable bonds is 4. The summed E-state index contributed by atoms with van der Waals surface area (Å²) in [6.45, 7) is 0. The summed E-state index contributed by atoms with van der Waals surface area (Å²) in [7, 11) is -0.749. The SMILES string of the molecule is CN(C)S(=O)(=O)c1cccc(NC(=O)c2cc3ccccc3c(=O)[nH]2)c1. The number of nitrogens with zero attached hydrogens (tertiary/aromatic N) is 1. The van der Waals surface area contributed by atoms with Gasteiger partial charge in [0.1, 0.15) is 5.69 Å². The second-order valence-electron chi connectivity index (χ2n) is 5.87. The summed E-state index contributed by atoms with van der Waals surface area (Å²) < 4.78 is 25.5. The van der Waals surface area contributed by atoms with Gasteiger partial charge in [-0.05, 0) is 35.7 Å². The topological polar surface area (TPSA) is 99.3 Å². The smallest absolute Gasteiger partial charge is 0.272 e. The van der Waals surface area contributed by atoms with Crippen LogP contribution < -0.4 is 10.9 Å². The average Bonchev–Trinajstić information content (AvgIpc) is 2.61. The first-order valence-corrected chi connectivity index (χ1v) is 9.19. The second kappa shape index (κ2) is 6.74. The Morgan fingerprint density at radius 3 is 2.50 bits per heavy atom. The van der Waals surface area contributed by atoms with E-state index in [4.69, 9.17) is 0 Å². The lowest BCUT2D eigenvalue weighted by Crippen LogP contribution is -2.22. The van der Waals surface area contributed by atoms with E-state index in [0.717, 1.165) is 4.31 Å². The van der Waals surface area contributed by atoms with Crippen molar-refractivity contribution in [1.82, 2.24) is 9.29 Å². The third-order valence-electron chi connectivity index (χ3n) is 3.87. The summed E-state index contributed by atoms with van der Waals surface area (Å²) in [6, 6.07) is 14.4. The van der Waals surface area contributed by atoms with E-state index in [9.17, 15) is 18.0 Å². The Bertz CT molecular complexity index is 1150. The Kier molecular flexibility index (Phi) is 4.62. The van der Waals surface area contributed by atoms with Crippen molar-refractivity contribution in [3.63, 3.8) is 0 Å².